The van der Waals surface area contributed by atoms with Gasteiger partial charge in [-0.2, -0.15) is 0 Å². The molecule has 2 aliphatic heterocycles. The van der Waals surface area contributed by atoms with Gasteiger partial charge in [0.25, 0.3) is 0 Å². The average molecular weight is 301 g/mol. The molecule has 0 aromatic heterocycles. The molecule has 2 heterocycles. The highest BCUT2D eigenvalue weighted by atomic mass is 19.1. The van der Waals surface area contributed by atoms with E-state index < -0.39 is 0 Å². The lowest BCUT2D eigenvalue weighted by Gasteiger charge is -2.27. The van der Waals surface area contributed by atoms with Crippen LogP contribution in [0.3, 0.4) is 0 Å². The number of hydrogen-bond donors (Lipinski definition) is 1. The van der Waals surface area contributed by atoms with Crippen LogP contribution in [0.2, 0.25) is 0 Å². The number of rotatable bonds is 3. The standard InChI is InChI=1S/C17H16FNO3/c18-12-2-4-15-13(8-12)14(5-6-20-15)19-9-11-1-3-16-17(7-11)22-10-21-16/h1-4,7-8,14,19H,5-6,9-10H2. The van der Waals surface area contributed by atoms with Gasteiger partial charge in [-0.25, -0.2) is 4.39 Å². The van der Waals surface area contributed by atoms with Crippen molar-refractivity contribution in [2.45, 2.75) is 19.0 Å². The fourth-order valence-electron chi connectivity index (χ4n) is 2.87. The van der Waals surface area contributed by atoms with Crippen molar-refractivity contribution < 1.29 is 18.6 Å². The Morgan fingerprint density at radius 2 is 1.86 bits per heavy atom. The molecule has 4 nitrogen and oxygen atoms in total. The summed E-state index contributed by atoms with van der Waals surface area (Å²) in [6.45, 7) is 1.59. The molecule has 0 aliphatic carbocycles. The van der Waals surface area contributed by atoms with E-state index in [-0.39, 0.29) is 18.7 Å². The molecule has 114 valence electrons. The minimum Gasteiger partial charge on any atom is -0.493 e. The molecule has 4 rings (SSSR count). The first-order chi connectivity index (χ1) is 10.8. The Labute approximate surface area is 127 Å². The second-order valence-corrected chi connectivity index (χ2v) is 5.44. The molecule has 5 heteroatoms. The van der Waals surface area contributed by atoms with Crippen LogP contribution in [0, 0.1) is 5.82 Å². The van der Waals surface area contributed by atoms with E-state index in [1.165, 1.54) is 6.07 Å². The van der Waals surface area contributed by atoms with Gasteiger partial charge in [-0.05, 0) is 35.9 Å². The number of benzene rings is 2. The zero-order valence-electron chi connectivity index (χ0n) is 12.0. The van der Waals surface area contributed by atoms with E-state index in [1.807, 2.05) is 18.2 Å². The highest BCUT2D eigenvalue weighted by molar-refractivity contribution is 5.44. The van der Waals surface area contributed by atoms with E-state index >= 15 is 0 Å². The summed E-state index contributed by atoms with van der Waals surface area (Å²) >= 11 is 0. The molecule has 1 unspecified atom stereocenters. The molecule has 2 aromatic carbocycles. The Morgan fingerprint density at radius 3 is 2.82 bits per heavy atom. The maximum atomic E-state index is 13.5. The molecule has 0 bridgehead atoms. The number of hydrogen-bond acceptors (Lipinski definition) is 4. The minimum absolute atomic E-state index is 0.0878. The van der Waals surface area contributed by atoms with Crippen molar-refractivity contribution in [3.63, 3.8) is 0 Å². The van der Waals surface area contributed by atoms with Crippen LogP contribution in [0.1, 0.15) is 23.6 Å². The van der Waals surface area contributed by atoms with Gasteiger partial charge in [0.1, 0.15) is 11.6 Å². The van der Waals surface area contributed by atoms with Crippen LogP contribution in [0.4, 0.5) is 4.39 Å². The molecular formula is C17H16FNO3. The lowest BCUT2D eigenvalue weighted by molar-refractivity contribution is 0.174. The molecule has 1 N–H and O–H groups in total. The first-order valence-electron chi connectivity index (χ1n) is 7.34. The summed E-state index contributed by atoms with van der Waals surface area (Å²) in [7, 11) is 0. The van der Waals surface area contributed by atoms with Crippen LogP contribution in [0.25, 0.3) is 0 Å². The molecular weight excluding hydrogens is 285 g/mol. The Hall–Kier alpha value is -2.27. The van der Waals surface area contributed by atoms with Gasteiger partial charge >= 0.3 is 0 Å². The maximum Gasteiger partial charge on any atom is 0.231 e. The average Bonchev–Trinajstić information content (AvgIpc) is 3.00. The van der Waals surface area contributed by atoms with Gasteiger partial charge in [-0.3, -0.25) is 0 Å². The molecule has 0 saturated heterocycles. The lowest BCUT2D eigenvalue weighted by atomic mass is 10.00. The summed E-state index contributed by atoms with van der Waals surface area (Å²) < 4.78 is 29.7. The summed E-state index contributed by atoms with van der Waals surface area (Å²) in [4.78, 5) is 0. The Balaban J connectivity index is 1.50. The number of nitrogens with one attached hydrogen (secondary N) is 1. The third kappa shape index (κ3) is 2.48. The van der Waals surface area contributed by atoms with E-state index in [0.29, 0.717) is 13.2 Å². The number of halogens is 1. The Bertz CT molecular complexity index is 704. The summed E-state index contributed by atoms with van der Waals surface area (Å²) in [6, 6.07) is 10.7. The predicted molar refractivity (Wildman–Crippen MR) is 78.7 cm³/mol. The van der Waals surface area contributed by atoms with Crippen LogP contribution >= 0.6 is 0 Å². The van der Waals surface area contributed by atoms with E-state index in [9.17, 15) is 4.39 Å². The monoisotopic (exact) mass is 301 g/mol. The quantitative estimate of drug-likeness (QED) is 0.945. The lowest BCUT2D eigenvalue weighted by Crippen LogP contribution is -2.26. The van der Waals surface area contributed by atoms with Gasteiger partial charge in [0.05, 0.1) is 6.61 Å². The second-order valence-electron chi connectivity index (χ2n) is 5.44. The van der Waals surface area contributed by atoms with Gasteiger partial charge in [0.2, 0.25) is 6.79 Å². The molecule has 0 fully saturated rings. The SMILES string of the molecule is Fc1ccc2c(c1)C(NCc1ccc3c(c1)OCO3)CCO2. The molecule has 0 saturated carbocycles. The predicted octanol–water partition coefficient (Wildman–Crippen LogP) is 3.17. The van der Waals surface area contributed by atoms with Crippen molar-refractivity contribution in [3.05, 3.63) is 53.3 Å². The van der Waals surface area contributed by atoms with Crippen LogP contribution in [-0.4, -0.2) is 13.4 Å². The highest BCUT2D eigenvalue weighted by Gasteiger charge is 2.22. The zero-order valence-corrected chi connectivity index (χ0v) is 12.0. The largest absolute Gasteiger partial charge is 0.493 e. The van der Waals surface area contributed by atoms with Crippen LogP contribution in [0.5, 0.6) is 17.2 Å². The van der Waals surface area contributed by atoms with Crippen molar-refractivity contribution in [2.24, 2.45) is 0 Å². The van der Waals surface area contributed by atoms with Crippen molar-refractivity contribution in [1.29, 1.82) is 0 Å². The minimum atomic E-state index is -0.237. The van der Waals surface area contributed by atoms with Gasteiger partial charge in [0, 0.05) is 24.6 Å². The third-order valence-electron chi connectivity index (χ3n) is 4.00. The third-order valence-corrected chi connectivity index (χ3v) is 4.00. The van der Waals surface area contributed by atoms with Crippen molar-refractivity contribution >= 4 is 0 Å². The van der Waals surface area contributed by atoms with Crippen LogP contribution in [-0.2, 0) is 6.54 Å². The first kappa shape index (κ1) is 13.4. The summed E-state index contributed by atoms with van der Waals surface area (Å²) in [5, 5.41) is 3.47. The molecule has 0 amide bonds. The van der Waals surface area contributed by atoms with Gasteiger partial charge in [0.15, 0.2) is 11.5 Å². The van der Waals surface area contributed by atoms with Gasteiger partial charge < -0.3 is 19.5 Å². The van der Waals surface area contributed by atoms with E-state index in [0.717, 1.165) is 34.8 Å². The highest BCUT2D eigenvalue weighted by Crippen LogP contribution is 2.34. The summed E-state index contributed by atoms with van der Waals surface area (Å²) in [5.74, 6) is 2.08. The molecule has 0 radical (unpaired) electrons. The second kappa shape index (κ2) is 5.50. The van der Waals surface area contributed by atoms with E-state index in [4.69, 9.17) is 14.2 Å². The smallest absolute Gasteiger partial charge is 0.231 e. The molecule has 22 heavy (non-hydrogen) atoms. The normalized spacial score (nSPS) is 18.7. The first-order valence-corrected chi connectivity index (χ1v) is 7.34. The summed E-state index contributed by atoms with van der Waals surface area (Å²) in [5.41, 5.74) is 1.99. The van der Waals surface area contributed by atoms with Crippen LogP contribution < -0.4 is 19.5 Å². The molecule has 0 spiro atoms. The van der Waals surface area contributed by atoms with Crippen molar-refractivity contribution in [2.75, 3.05) is 13.4 Å². The van der Waals surface area contributed by atoms with E-state index in [2.05, 4.69) is 5.32 Å². The number of fused-ring (bicyclic) bond motifs is 2. The molecule has 2 aliphatic rings. The van der Waals surface area contributed by atoms with Crippen molar-refractivity contribution in [1.82, 2.24) is 5.32 Å². The number of ether oxygens (including phenoxy) is 3. The van der Waals surface area contributed by atoms with E-state index in [1.54, 1.807) is 12.1 Å². The van der Waals surface area contributed by atoms with Gasteiger partial charge in [-0.1, -0.05) is 6.07 Å². The topological polar surface area (TPSA) is 39.7 Å². The Morgan fingerprint density at radius 1 is 1.00 bits per heavy atom. The van der Waals surface area contributed by atoms with Crippen molar-refractivity contribution in [3.8, 4) is 17.2 Å². The Kier molecular flexibility index (Phi) is 3.35. The summed E-state index contributed by atoms with van der Waals surface area (Å²) in [6.07, 6.45) is 0.820. The van der Waals surface area contributed by atoms with Gasteiger partial charge in [-0.15, -0.1) is 0 Å². The molecule has 1 atom stereocenters. The zero-order chi connectivity index (χ0) is 14.9. The fourth-order valence-corrected chi connectivity index (χ4v) is 2.87. The van der Waals surface area contributed by atoms with Crippen LogP contribution in [0.15, 0.2) is 36.4 Å². The fraction of sp³-hybridized carbons (Fsp3) is 0.294. The molecule has 2 aromatic rings. The maximum absolute atomic E-state index is 13.5.